The van der Waals surface area contributed by atoms with Crippen molar-refractivity contribution in [3.8, 4) is 0 Å². The summed E-state index contributed by atoms with van der Waals surface area (Å²) in [6, 6.07) is 7.99. The Morgan fingerprint density at radius 3 is 2.38 bits per heavy atom. The van der Waals surface area contributed by atoms with E-state index in [0.717, 1.165) is 24.8 Å². The summed E-state index contributed by atoms with van der Waals surface area (Å²) >= 11 is 0. The highest BCUT2D eigenvalue weighted by atomic mass is 16.8. The first-order valence-corrected chi connectivity index (χ1v) is 13.0. The summed E-state index contributed by atoms with van der Waals surface area (Å²) in [5.74, 6) is 0.130. The van der Waals surface area contributed by atoms with E-state index in [0.29, 0.717) is 44.3 Å². The van der Waals surface area contributed by atoms with Crippen LogP contribution in [0.4, 0.5) is 5.95 Å². The Bertz CT molecular complexity index is 997. The average molecular weight is 514 g/mol. The quantitative estimate of drug-likeness (QED) is 0.456. The summed E-state index contributed by atoms with van der Waals surface area (Å²) in [5, 5.41) is 20.4. The molecule has 202 valence electrons. The Morgan fingerprint density at radius 2 is 1.81 bits per heavy atom. The van der Waals surface area contributed by atoms with Gasteiger partial charge < -0.3 is 19.8 Å². The highest BCUT2D eigenvalue weighted by Crippen LogP contribution is 2.29. The van der Waals surface area contributed by atoms with Gasteiger partial charge in [-0.25, -0.2) is 20.3 Å². The fourth-order valence-electron chi connectivity index (χ4n) is 4.74. The molecule has 0 aliphatic carbocycles. The van der Waals surface area contributed by atoms with E-state index in [2.05, 4.69) is 58.2 Å². The number of hydrogen-bond acceptors (Lipinski definition) is 9. The fraction of sp³-hybridized carbons (Fsp3) is 0.593. The zero-order valence-corrected chi connectivity index (χ0v) is 22.0. The predicted molar refractivity (Wildman–Crippen MR) is 139 cm³/mol. The average Bonchev–Trinajstić information content (AvgIpc) is 2.92. The van der Waals surface area contributed by atoms with Crippen molar-refractivity contribution in [2.24, 2.45) is 0 Å². The molecule has 2 aliphatic heterocycles. The summed E-state index contributed by atoms with van der Waals surface area (Å²) in [6.45, 7) is 9.48. The Morgan fingerprint density at radius 1 is 1.14 bits per heavy atom. The number of ether oxygens (including phenoxy) is 1. The molecule has 3 N–H and O–H groups in total. The maximum Gasteiger partial charge on any atom is 0.278 e. The lowest BCUT2D eigenvalue weighted by Gasteiger charge is -2.41. The van der Waals surface area contributed by atoms with Crippen LogP contribution in [0.3, 0.4) is 0 Å². The van der Waals surface area contributed by atoms with Gasteiger partial charge in [0.1, 0.15) is 0 Å². The minimum absolute atomic E-state index is 0.0439. The number of nitrogens with one attached hydrogen (secondary N) is 1. The van der Waals surface area contributed by atoms with Crippen LogP contribution < -0.4 is 10.4 Å². The smallest absolute Gasteiger partial charge is 0.278 e. The number of carbonyl (C=O) groups excluding carboxylic acids is 1. The third kappa shape index (κ3) is 7.03. The molecular weight excluding hydrogens is 474 g/mol. The number of nitrogens with zero attached hydrogens (tertiary/aromatic N) is 4. The normalized spacial score (nSPS) is 20.9. The summed E-state index contributed by atoms with van der Waals surface area (Å²) in [4.78, 5) is 30.7. The number of aliphatic hydroxyl groups excluding tert-OH is 2. The number of aliphatic hydroxyl groups is 2. The van der Waals surface area contributed by atoms with Gasteiger partial charge in [-0.1, -0.05) is 45.0 Å². The summed E-state index contributed by atoms with van der Waals surface area (Å²) in [6.07, 6.45) is 4.44. The molecule has 1 aromatic heterocycles. The van der Waals surface area contributed by atoms with E-state index in [1.807, 2.05) is 12.1 Å². The SMILES string of the molecule is CC(C)(C)c1ccc(C(C(O)CO)N2CCN(c3ncc(C(=O)NOC4CCCCO4)cn3)CC2)cc1. The lowest BCUT2D eigenvalue weighted by molar-refractivity contribution is -0.186. The van der Waals surface area contributed by atoms with Gasteiger partial charge in [-0.15, -0.1) is 0 Å². The van der Waals surface area contributed by atoms with E-state index >= 15 is 0 Å². The standard InChI is InChI=1S/C27H39N5O5/c1-27(2,3)21-9-7-19(8-10-21)24(22(34)18-33)31-11-13-32(14-12-31)26-28-16-20(17-29-26)25(35)30-37-23-6-4-5-15-36-23/h7-10,16-17,22-24,33-34H,4-6,11-15,18H2,1-3H3,(H,30,35). The van der Waals surface area contributed by atoms with Gasteiger partial charge in [-0.05, 0) is 29.4 Å². The Labute approximate surface area is 218 Å². The number of hydroxylamine groups is 1. The summed E-state index contributed by atoms with van der Waals surface area (Å²) in [7, 11) is 0. The molecule has 1 aromatic carbocycles. The van der Waals surface area contributed by atoms with Crippen LogP contribution in [0.25, 0.3) is 0 Å². The maximum atomic E-state index is 12.4. The number of carbonyl (C=O) groups is 1. The van der Waals surface area contributed by atoms with Crippen LogP contribution in [-0.2, 0) is 15.0 Å². The molecule has 4 rings (SSSR count). The Balaban J connectivity index is 1.34. The molecule has 2 aromatic rings. The number of hydrogen-bond donors (Lipinski definition) is 3. The first kappa shape index (κ1) is 27.4. The molecular formula is C27H39N5O5. The molecule has 0 saturated carbocycles. The van der Waals surface area contributed by atoms with E-state index in [9.17, 15) is 15.0 Å². The fourth-order valence-corrected chi connectivity index (χ4v) is 4.74. The second-order valence-corrected chi connectivity index (χ2v) is 10.7. The van der Waals surface area contributed by atoms with Gasteiger partial charge in [0.05, 0.1) is 24.3 Å². The maximum absolute atomic E-state index is 12.4. The first-order valence-electron chi connectivity index (χ1n) is 13.0. The largest absolute Gasteiger partial charge is 0.394 e. The Kier molecular flexibility index (Phi) is 9.09. The molecule has 3 heterocycles. The van der Waals surface area contributed by atoms with Gasteiger partial charge in [0.25, 0.3) is 5.91 Å². The van der Waals surface area contributed by atoms with Crippen molar-refractivity contribution in [3.05, 3.63) is 53.3 Å². The summed E-state index contributed by atoms with van der Waals surface area (Å²) < 4.78 is 5.45. The van der Waals surface area contributed by atoms with Crippen LogP contribution in [-0.4, -0.2) is 82.8 Å². The minimum atomic E-state index is -0.887. The van der Waals surface area contributed by atoms with Gasteiger partial charge in [0, 0.05) is 51.6 Å². The molecule has 3 atom stereocenters. The zero-order chi connectivity index (χ0) is 26.4. The van der Waals surface area contributed by atoms with E-state index in [1.54, 1.807) is 0 Å². The monoisotopic (exact) mass is 513 g/mol. The van der Waals surface area contributed by atoms with Gasteiger partial charge >= 0.3 is 0 Å². The lowest BCUT2D eigenvalue weighted by Crippen LogP contribution is -2.51. The van der Waals surface area contributed by atoms with E-state index in [4.69, 9.17) is 9.57 Å². The molecule has 3 unspecified atom stereocenters. The van der Waals surface area contributed by atoms with E-state index < -0.39 is 18.3 Å². The van der Waals surface area contributed by atoms with Gasteiger partial charge in [-0.3, -0.25) is 9.69 Å². The van der Waals surface area contributed by atoms with Crippen molar-refractivity contribution in [1.82, 2.24) is 20.3 Å². The van der Waals surface area contributed by atoms with Crippen molar-refractivity contribution in [2.75, 3.05) is 44.3 Å². The summed E-state index contributed by atoms with van der Waals surface area (Å²) in [5.41, 5.74) is 4.98. The van der Waals surface area contributed by atoms with Crippen LogP contribution in [0.2, 0.25) is 0 Å². The molecule has 1 amide bonds. The van der Waals surface area contributed by atoms with Crippen LogP contribution in [0.1, 0.15) is 67.6 Å². The second-order valence-electron chi connectivity index (χ2n) is 10.7. The molecule has 0 spiro atoms. The zero-order valence-electron chi connectivity index (χ0n) is 22.0. The molecule has 37 heavy (non-hydrogen) atoms. The first-order chi connectivity index (χ1) is 17.8. The Hall–Kier alpha value is -2.63. The number of rotatable bonds is 8. The van der Waals surface area contributed by atoms with Crippen LogP contribution in [0.15, 0.2) is 36.7 Å². The van der Waals surface area contributed by atoms with Gasteiger partial charge in [0.15, 0.2) is 6.29 Å². The molecule has 2 aliphatic rings. The van der Waals surface area contributed by atoms with Crippen molar-refractivity contribution in [2.45, 2.75) is 63.9 Å². The number of anilines is 1. The molecule has 0 radical (unpaired) electrons. The van der Waals surface area contributed by atoms with Crippen molar-refractivity contribution < 1.29 is 24.6 Å². The number of piperazine rings is 1. The van der Waals surface area contributed by atoms with Gasteiger partial charge in [0.2, 0.25) is 5.95 Å². The number of amides is 1. The number of benzene rings is 1. The molecule has 10 heteroatoms. The predicted octanol–water partition coefficient (Wildman–Crippen LogP) is 2.18. The van der Waals surface area contributed by atoms with E-state index in [-0.39, 0.29) is 18.1 Å². The third-order valence-electron chi connectivity index (χ3n) is 6.98. The van der Waals surface area contributed by atoms with Crippen molar-refractivity contribution >= 4 is 11.9 Å². The van der Waals surface area contributed by atoms with Crippen LogP contribution in [0.5, 0.6) is 0 Å². The third-order valence-corrected chi connectivity index (χ3v) is 6.98. The second kappa shape index (κ2) is 12.3. The van der Waals surface area contributed by atoms with Crippen LogP contribution >= 0.6 is 0 Å². The van der Waals surface area contributed by atoms with Crippen molar-refractivity contribution in [1.29, 1.82) is 0 Å². The lowest BCUT2D eigenvalue weighted by atomic mass is 9.85. The highest BCUT2D eigenvalue weighted by Gasteiger charge is 2.31. The van der Waals surface area contributed by atoms with Gasteiger partial charge in [-0.2, -0.15) is 0 Å². The highest BCUT2D eigenvalue weighted by molar-refractivity contribution is 5.92. The van der Waals surface area contributed by atoms with E-state index in [1.165, 1.54) is 18.0 Å². The minimum Gasteiger partial charge on any atom is -0.394 e. The molecule has 0 bridgehead atoms. The van der Waals surface area contributed by atoms with Crippen molar-refractivity contribution in [3.63, 3.8) is 0 Å². The molecule has 2 saturated heterocycles. The number of aromatic nitrogens is 2. The topological polar surface area (TPSA) is 120 Å². The molecule has 2 fully saturated rings. The van der Waals surface area contributed by atoms with Crippen LogP contribution in [0, 0.1) is 0 Å². The molecule has 10 nitrogen and oxygen atoms in total.